The number of aliphatic carboxylic acids is 1. The van der Waals surface area contributed by atoms with E-state index in [0.717, 1.165) is 32.6 Å². The molecular weight excluding hydrogens is 542 g/mol. The number of amides is 1. The van der Waals surface area contributed by atoms with Crippen molar-refractivity contribution in [2.24, 2.45) is 0 Å². The molecule has 4 aromatic rings. The molecule has 2 N–H and O–H groups in total. The van der Waals surface area contributed by atoms with Gasteiger partial charge in [0.25, 0.3) is 8.32 Å². The van der Waals surface area contributed by atoms with Gasteiger partial charge in [-0.05, 0) is 37.7 Å². The first-order valence-corrected chi connectivity index (χ1v) is 16.2. The largest absolute Gasteiger partial charge is 0.481 e. The molecule has 0 spiro atoms. The Morgan fingerprint density at radius 1 is 0.786 bits per heavy atom. The summed E-state index contributed by atoms with van der Waals surface area (Å²) >= 11 is 0. The third kappa shape index (κ3) is 5.89. The van der Waals surface area contributed by atoms with Crippen LogP contribution in [0.4, 0.5) is 4.79 Å². The van der Waals surface area contributed by atoms with Gasteiger partial charge in [-0.2, -0.15) is 0 Å². The topological polar surface area (TPSA) is 84.9 Å². The molecule has 1 aliphatic carbocycles. The highest BCUT2D eigenvalue weighted by atomic mass is 28.4. The van der Waals surface area contributed by atoms with Crippen LogP contribution in [0.5, 0.6) is 0 Å². The number of carboxylic acids is 1. The Morgan fingerprint density at radius 3 is 1.74 bits per heavy atom. The van der Waals surface area contributed by atoms with Crippen LogP contribution in [0.15, 0.2) is 109 Å². The van der Waals surface area contributed by atoms with E-state index in [4.69, 9.17) is 9.16 Å². The quantitative estimate of drug-likeness (QED) is 0.227. The Bertz CT molecular complexity index is 1450. The lowest BCUT2D eigenvalue weighted by atomic mass is 9.98. The fourth-order valence-corrected chi connectivity index (χ4v) is 10.8. The number of rotatable bonds is 10. The first-order chi connectivity index (χ1) is 20.2. The molecule has 6 nitrogen and oxygen atoms in total. The van der Waals surface area contributed by atoms with Gasteiger partial charge in [-0.15, -0.1) is 0 Å². The Morgan fingerprint density at radius 2 is 1.26 bits per heavy atom. The molecule has 216 valence electrons. The molecule has 0 unspecified atom stereocenters. The first kappa shape index (κ1) is 29.3. The van der Waals surface area contributed by atoms with Crippen molar-refractivity contribution in [3.8, 4) is 11.1 Å². The minimum atomic E-state index is -2.92. The van der Waals surface area contributed by atoms with Crippen LogP contribution in [0.2, 0.25) is 5.04 Å². The van der Waals surface area contributed by atoms with E-state index in [1.165, 1.54) is 0 Å². The fourth-order valence-electron chi connectivity index (χ4n) is 6.16. The van der Waals surface area contributed by atoms with Gasteiger partial charge in [-0.3, -0.25) is 4.79 Å². The smallest absolute Gasteiger partial charge is 0.407 e. The summed E-state index contributed by atoms with van der Waals surface area (Å²) < 4.78 is 12.6. The van der Waals surface area contributed by atoms with Crippen molar-refractivity contribution in [2.75, 3.05) is 13.2 Å². The van der Waals surface area contributed by atoms with Crippen molar-refractivity contribution in [1.82, 2.24) is 5.32 Å². The maximum atomic E-state index is 13.1. The van der Waals surface area contributed by atoms with Gasteiger partial charge >= 0.3 is 12.1 Å². The van der Waals surface area contributed by atoms with Crippen molar-refractivity contribution in [3.05, 3.63) is 120 Å². The van der Waals surface area contributed by atoms with Crippen LogP contribution in [-0.4, -0.2) is 44.7 Å². The Labute approximate surface area is 248 Å². The molecule has 0 saturated carbocycles. The van der Waals surface area contributed by atoms with E-state index in [0.29, 0.717) is 0 Å². The van der Waals surface area contributed by atoms with E-state index in [-0.39, 0.29) is 30.6 Å². The zero-order valence-electron chi connectivity index (χ0n) is 24.2. The second-order valence-electron chi connectivity index (χ2n) is 11.7. The molecule has 1 aliphatic rings. The van der Waals surface area contributed by atoms with Gasteiger partial charge < -0.3 is 19.6 Å². The normalized spacial score (nSPS) is 13.6. The standard InChI is InChI=1S/C35H37NO5Si/c1-35(2,3)42(26-14-6-4-7-15-26,27-16-8-5-9-17-27)41-23-25(22-33(37)38)36-34(39)40-24-32-30-20-12-10-18-28(30)29-19-11-13-21-31(29)32/h4-21,25,32H,22-24H2,1-3H3,(H,36,39)(H,37,38)/t25-/m1/s1. The second-order valence-corrected chi connectivity index (χ2v) is 16.0. The second kappa shape index (κ2) is 12.3. The molecule has 0 bridgehead atoms. The van der Waals surface area contributed by atoms with Crippen LogP contribution < -0.4 is 15.7 Å². The molecule has 4 aromatic carbocycles. The third-order valence-corrected chi connectivity index (χ3v) is 13.0. The molecule has 5 rings (SSSR count). The van der Waals surface area contributed by atoms with Gasteiger partial charge in [0.05, 0.1) is 19.1 Å². The summed E-state index contributed by atoms with van der Waals surface area (Å²) in [6.45, 7) is 6.65. The number of hydrogen-bond acceptors (Lipinski definition) is 4. The molecule has 1 amide bonds. The number of benzene rings is 4. The molecule has 0 saturated heterocycles. The number of nitrogens with one attached hydrogen (secondary N) is 1. The summed E-state index contributed by atoms with van der Waals surface area (Å²) in [7, 11) is -2.92. The molecule has 0 radical (unpaired) electrons. The van der Waals surface area contributed by atoms with Gasteiger partial charge in [0.1, 0.15) is 6.61 Å². The van der Waals surface area contributed by atoms with Crippen LogP contribution in [0.3, 0.4) is 0 Å². The fraction of sp³-hybridized carbons (Fsp3) is 0.257. The lowest BCUT2D eigenvalue weighted by molar-refractivity contribution is -0.137. The SMILES string of the molecule is CC(C)(C)[Si](OC[C@@H](CC(=O)O)NC(=O)OCC1c2ccccc2-c2ccccc21)(c1ccccc1)c1ccccc1. The van der Waals surface area contributed by atoms with Gasteiger partial charge in [-0.1, -0.05) is 130 Å². The van der Waals surface area contributed by atoms with E-state index in [9.17, 15) is 14.7 Å². The number of hydrogen-bond donors (Lipinski definition) is 2. The summed E-state index contributed by atoms with van der Waals surface area (Å²) in [6, 6.07) is 35.8. The number of alkyl carbamates (subject to hydrolysis) is 1. The highest BCUT2D eigenvalue weighted by Gasteiger charge is 2.50. The minimum absolute atomic E-state index is 0.0315. The lowest BCUT2D eigenvalue weighted by Gasteiger charge is -2.43. The lowest BCUT2D eigenvalue weighted by Crippen LogP contribution is -2.67. The van der Waals surface area contributed by atoms with E-state index in [1.54, 1.807) is 0 Å². The molecule has 0 aromatic heterocycles. The summed E-state index contributed by atoms with van der Waals surface area (Å²) in [4.78, 5) is 25.0. The van der Waals surface area contributed by atoms with Crippen molar-refractivity contribution in [1.29, 1.82) is 0 Å². The first-order valence-electron chi connectivity index (χ1n) is 14.3. The van der Waals surface area contributed by atoms with Gasteiger partial charge in [0, 0.05) is 5.92 Å². The predicted octanol–water partition coefficient (Wildman–Crippen LogP) is 5.95. The Hall–Kier alpha value is -4.20. The molecule has 0 heterocycles. The molecule has 42 heavy (non-hydrogen) atoms. The van der Waals surface area contributed by atoms with Crippen molar-refractivity contribution in [3.63, 3.8) is 0 Å². The van der Waals surface area contributed by atoms with E-state index in [2.05, 4.69) is 74.6 Å². The number of ether oxygens (including phenoxy) is 1. The Kier molecular flexibility index (Phi) is 8.61. The third-order valence-electron chi connectivity index (χ3n) is 8.00. The highest BCUT2D eigenvalue weighted by molar-refractivity contribution is 6.99. The minimum Gasteiger partial charge on any atom is -0.481 e. The van der Waals surface area contributed by atoms with Crippen molar-refractivity contribution < 1.29 is 23.9 Å². The molecular formula is C35H37NO5Si. The van der Waals surface area contributed by atoms with E-state index >= 15 is 0 Å². The molecule has 7 heteroatoms. The average Bonchev–Trinajstić information content (AvgIpc) is 3.30. The summed E-state index contributed by atoms with van der Waals surface area (Å²) in [5.74, 6) is -1.11. The number of carboxylic acid groups (broad SMARTS) is 1. The van der Waals surface area contributed by atoms with Gasteiger partial charge in [-0.25, -0.2) is 4.79 Å². The maximum Gasteiger partial charge on any atom is 0.407 e. The van der Waals surface area contributed by atoms with Crippen LogP contribution in [0.25, 0.3) is 11.1 Å². The number of fused-ring (bicyclic) bond motifs is 3. The highest BCUT2D eigenvalue weighted by Crippen LogP contribution is 2.44. The van der Waals surface area contributed by atoms with E-state index < -0.39 is 26.4 Å². The zero-order valence-corrected chi connectivity index (χ0v) is 25.2. The van der Waals surface area contributed by atoms with Crippen LogP contribution in [0, 0.1) is 0 Å². The summed E-state index contributed by atoms with van der Waals surface area (Å²) in [5, 5.41) is 14.4. The Balaban J connectivity index is 1.35. The molecule has 0 fully saturated rings. The van der Waals surface area contributed by atoms with Crippen LogP contribution in [-0.2, 0) is 14.0 Å². The average molecular weight is 580 g/mol. The van der Waals surface area contributed by atoms with Gasteiger partial charge in [0.2, 0.25) is 0 Å². The van der Waals surface area contributed by atoms with E-state index in [1.807, 2.05) is 60.7 Å². The summed E-state index contributed by atoms with van der Waals surface area (Å²) in [6.07, 6.45) is -0.947. The van der Waals surface area contributed by atoms with Crippen molar-refractivity contribution >= 4 is 30.8 Å². The summed E-state index contributed by atoms with van der Waals surface area (Å²) in [5.41, 5.74) is 4.52. The number of carbonyl (C=O) groups excluding carboxylic acids is 1. The van der Waals surface area contributed by atoms with Crippen molar-refractivity contribution in [2.45, 2.75) is 44.2 Å². The molecule has 0 aliphatic heterocycles. The zero-order chi connectivity index (χ0) is 29.7. The van der Waals surface area contributed by atoms with Gasteiger partial charge in [0.15, 0.2) is 0 Å². The predicted molar refractivity (Wildman–Crippen MR) is 168 cm³/mol. The monoisotopic (exact) mass is 579 g/mol. The maximum absolute atomic E-state index is 13.1. The van der Waals surface area contributed by atoms with Crippen LogP contribution >= 0.6 is 0 Å². The van der Waals surface area contributed by atoms with Crippen LogP contribution in [0.1, 0.15) is 44.2 Å². The molecule has 1 atom stereocenters. The number of carbonyl (C=O) groups is 2.